The van der Waals surface area contributed by atoms with Gasteiger partial charge in [0.2, 0.25) is 0 Å². The third-order valence-electron chi connectivity index (χ3n) is 5.74. The Labute approximate surface area is 201 Å². The molecule has 4 aromatic rings. The number of aliphatic hydroxyl groups is 2. The lowest BCUT2D eigenvalue weighted by molar-refractivity contribution is 0.0783. The number of nitrogens with zero attached hydrogens (tertiary/aromatic N) is 6. The standard InChI is InChI=1S/C25H26F2N6O2/c1-14(2)18-7-21(24-19(26)5-4-6-20(24)27)31-32-25(18)15(3)22-9-28-10-23(30-22)16-8-29-33(11-16)12-17(35)13-34/h4-11,14-15,17,34-35H,12-13H2,1-3H3/t15?,17-/m1/s1. The molecule has 0 aliphatic heterocycles. The largest absolute Gasteiger partial charge is 0.394 e. The lowest BCUT2D eigenvalue weighted by atomic mass is 9.92. The Kier molecular flexibility index (Phi) is 7.23. The monoisotopic (exact) mass is 480 g/mol. The summed E-state index contributed by atoms with van der Waals surface area (Å²) < 4.78 is 30.2. The summed E-state index contributed by atoms with van der Waals surface area (Å²) in [4.78, 5) is 9.05. The molecule has 10 heteroatoms. The van der Waals surface area contributed by atoms with Crippen LogP contribution in [-0.4, -0.2) is 52.9 Å². The molecule has 0 saturated heterocycles. The minimum Gasteiger partial charge on any atom is -0.394 e. The first-order chi connectivity index (χ1) is 16.8. The van der Waals surface area contributed by atoms with Crippen LogP contribution in [-0.2, 0) is 6.54 Å². The summed E-state index contributed by atoms with van der Waals surface area (Å²) in [6, 6.07) is 5.38. The smallest absolute Gasteiger partial charge is 0.135 e. The minimum atomic E-state index is -0.908. The van der Waals surface area contributed by atoms with Gasteiger partial charge in [0.1, 0.15) is 11.6 Å². The summed E-state index contributed by atoms with van der Waals surface area (Å²) in [5.41, 5.74) is 3.33. The van der Waals surface area contributed by atoms with Crippen LogP contribution in [0.5, 0.6) is 0 Å². The molecule has 0 aliphatic rings. The molecule has 1 unspecified atom stereocenters. The van der Waals surface area contributed by atoms with Crippen molar-refractivity contribution in [2.75, 3.05) is 6.61 Å². The van der Waals surface area contributed by atoms with E-state index in [1.54, 1.807) is 30.9 Å². The fourth-order valence-corrected chi connectivity index (χ4v) is 3.82. The third-order valence-corrected chi connectivity index (χ3v) is 5.74. The molecule has 0 bridgehead atoms. The predicted octanol–water partition coefficient (Wildman–Crippen LogP) is 3.70. The molecule has 0 fully saturated rings. The fraction of sp³-hybridized carbons (Fsp3) is 0.320. The van der Waals surface area contributed by atoms with E-state index < -0.39 is 17.7 Å². The van der Waals surface area contributed by atoms with Crippen LogP contribution in [0.1, 0.15) is 49.6 Å². The first kappa shape index (κ1) is 24.5. The second-order valence-electron chi connectivity index (χ2n) is 8.66. The van der Waals surface area contributed by atoms with Crippen LogP contribution in [0.25, 0.3) is 22.5 Å². The van der Waals surface area contributed by atoms with Gasteiger partial charge >= 0.3 is 0 Å². The van der Waals surface area contributed by atoms with Crippen molar-refractivity contribution < 1.29 is 19.0 Å². The Hall–Kier alpha value is -3.63. The Bertz CT molecular complexity index is 1310. The molecule has 3 heterocycles. The summed E-state index contributed by atoms with van der Waals surface area (Å²) in [5, 5.41) is 31.4. The normalized spacial score (nSPS) is 13.3. The summed E-state index contributed by atoms with van der Waals surface area (Å²) in [6.45, 7) is 5.68. The van der Waals surface area contributed by atoms with Gasteiger partial charge < -0.3 is 10.2 Å². The highest BCUT2D eigenvalue weighted by Gasteiger charge is 2.22. The van der Waals surface area contributed by atoms with Gasteiger partial charge in [0.25, 0.3) is 0 Å². The van der Waals surface area contributed by atoms with Crippen molar-refractivity contribution in [2.24, 2.45) is 0 Å². The molecule has 3 aromatic heterocycles. The van der Waals surface area contributed by atoms with E-state index in [0.29, 0.717) is 22.6 Å². The van der Waals surface area contributed by atoms with Crippen molar-refractivity contribution in [1.82, 2.24) is 29.9 Å². The molecule has 4 rings (SSSR count). The van der Waals surface area contributed by atoms with E-state index in [-0.39, 0.29) is 36.2 Å². The molecule has 8 nitrogen and oxygen atoms in total. The van der Waals surface area contributed by atoms with Crippen molar-refractivity contribution in [3.05, 3.63) is 77.6 Å². The second kappa shape index (κ2) is 10.3. The van der Waals surface area contributed by atoms with Gasteiger partial charge in [-0.3, -0.25) is 9.67 Å². The van der Waals surface area contributed by atoms with Crippen molar-refractivity contribution in [3.63, 3.8) is 0 Å². The number of rotatable bonds is 8. The lowest BCUT2D eigenvalue weighted by Crippen LogP contribution is -2.19. The van der Waals surface area contributed by atoms with Crippen LogP contribution in [0, 0.1) is 11.6 Å². The molecule has 0 aliphatic carbocycles. The molecule has 182 valence electrons. The van der Waals surface area contributed by atoms with Gasteiger partial charge in [0, 0.05) is 23.9 Å². The zero-order valence-corrected chi connectivity index (χ0v) is 19.6. The second-order valence-corrected chi connectivity index (χ2v) is 8.66. The first-order valence-electron chi connectivity index (χ1n) is 11.2. The average Bonchev–Trinajstić information content (AvgIpc) is 3.32. The quantitative estimate of drug-likeness (QED) is 0.396. The van der Waals surface area contributed by atoms with E-state index in [2.05, 4.69) is 20.3 Å². The molecular formula is C25H26F2N6O2. The lowest BCUT2D eigenvalue weighted by Gasteiger charge is -2.18. The maximum atomic E-state index is 14.3. The highest BCUT2D eigenvalue weighted by Crippen LogP contribution is 2.32. The zero-order valence-electron chi connectivity index (χ0n) is 19.6. The zero-order chi connectivity index (χ0) is 25.1. The maximum Gasteiger partial charge on any atom is 0.135 e. The number of hydrogen-bond acceptors (Lipinski definition) is 7. The average molecular weight is 481 g/mol. The summed E-state index contributed by atoms with van der Waals surface area (Å²) in [7, 11) is 0. The fourth-order valence-electron chi connectivity index (χ4n) is 3.82. The van der Waals surface area contributed by atoms with Crippen LogP contribution in [0.15, 0.2) is 49.1 Å². The van der Waals surface area contributed by atoms with E-state index in [1.165, 1.54) is 22.9 Å². The molecule has 0 saturated carbocycles. The molecule has 35 heavy (non-hydrogen) atoms. The maximum absolute atomic E-state index is 14.3. The Morgan fingerprint density at radius 2 is 1.74 bits per heavy atom. The van der Waals surface area contributed by atoms with E-state index >= 15 is 0 Å². The van der Waals surface area contributed by atoms with Crippen LogP contribution >= 0.6 is 0 Å². The van der Waals surface area contributed by atoms with Crippen LogP contribution in [0.4, 0.5) is 8.78 Å². The number of benzene rings is 1. The third kappa shape index (κ3) is 5.23. The number of aromatic nitrogens is 6. The Morgan fingerprint density at radius 1 is 1.00 bits per heavy atom. The van der Waals surface area contributed by atoms with E-state index in [1.807, 2.05) is 20.8 Å². The van der Waals surface area contributed by atoms with Crippen LogP contribution < -0.4 is 0 Å². The molecular weight excluding hydrogens is 454 g/mol. The van der Waals surface area contributed by atoms with Gasteiger partial charge in [-0.1, -0.05) is 26.8 Å². The van der Waals surface area contributed by atoms with Gasteiger partial charge in [0.05, 0.1) is 60.0 Å². The Morgan fingerprint density at radius 3 is 2.43 bits per heavy atom. The predicted molar refractivity (Wildman–Crippen MR) is 125 cm³/mol. The van der Waals surface area contributed by atoms with E-state index in [0.717, 1.165) is 5.56 Å². The number of halogens is 2. The molecule has 0 radical (unpaired) electrons. The van der Waals surface area contributed by atoms with Crippen LogP contribution in [0.2, 0.25) is 0 Å². The highest BCUT2D eigenvalue weighted by atomic mass is 19.1. The molecule has 0 spiro atoms. The van der Waals surface area contributed by atoms with Crippen LogP contribution in [0.3, 0.4) is 0 Å². The molecule has 2 N–H and O–H groups in total. The van der Waals surface area contributed by atoms with E-state index in [9.17, 15) is 13.9 Å². The van der Waals surface area contributed by atoms with Crippen molar-refractivity contribution >= 4 is 0 Å². The molecule has 0 amide bonds. The highest BCUT2D eigenvalue weighted by molar-refractivity contribution is 5.62. The number of aliphatic hydroxyl groups excluding tert-OH is 2. The van der Waals surface area contributed by atoms with Crippen molar-refractivity contribution in [1.29, 1.82) is 0 Å². The van der Waals surface area contributed by atoms with Gasteiger partial charge in [-0.25, -0.2) is 13.8 Å². The molecule has 2 atom stereocenters. The van der Waals surface area contributed by atoms with Crippen molar-refractivity contribution in [2.45, 2.75) is 45.3 Å². The van der Waals surface area contributed by atoms with Gasteiger partial charge in [-0.2, -0.15) is 15.3 Å². The topological polar surface area (TPSA) is 110 Å². The minimum absolute atomic E-state index is 0.0175. The first-order valence-corrected chi connectivity index (χ1v) is 11.2. The SMILES string of the molecule is CC(C)c1cc(-c2c(F)cccc2F)nnc1C(C)c1cncc(-c2cnn(C[C@@H](O)CO)c2)n1. The van der Waals surface area contributed by atoms with Gasteiger partial charge in [-0.15, -0.1) is 0 Å². The Balaban J connectivity index is 1.67. The van der Waals surface area contributed by atoms with Crippen molar-refractivity contribution in [3.8, 4) is 22.5 Å². The summed E-state index contributed by atoms with van der Waals surface area (Å²) >= 11 is 0. The van der Waals surface area contributed by atoms with Gasteiger partial charge in [-0.05, 0) is 29.7 Å². The summed E-state index contributed by atoms with van der Waals surface area (Å²) in [5.74, 6) is -1.66. The molecule has 1 aromatic carbocycles. The summed E-state index contributed by atoms with van der Waals surface area (Å²) in [6.07, 6.45) is 5.67. The number of hydrogen-bond donors (Lipinski definition) is 2. The van der Waals surface area contributed by atoms with Gasteiger partial charge in [0.15, 0.2) is 0 Å². The van der Waals surface area contributed by atoms with E-state index in [4.69, 9.17) is 10.1 Å².